The number of carboxylic acids is 1. The van der Waals surface area contributed by atoms with Gasteiger partial charge in [0.1, 0.15) is 6.54 Å². The first-order valence-corrected chi connectivity index (χ1v) is 20.3. The van der Waals surface area contributed by atoms with Gasteiger partial charge in [0.15, 0.2) is 6.29 Å². The predicted molar refractivity (Wildman–Crippen MR) is 191 cm³/mol. The summed E-state index contributed by atoms with van der Waals surface area (Å²) >= 11 is 0. The molecule has 12 atom stereocenters. The van der Waals surface area contributed by atoms with Crippen molar-refractivity contribution in [2.24, 2.45) is 56.7 Å². The average molecular weight is 715 g/mol. The van der Waals surface area contributed by atoms with Crippen molar-refractivity contribution in [3.63, 3.8) is 0 Å². The lowest BCUT2D eigenvalue weighted by Crippen LogP contribution is -2.60. The summed E-state index contributed by atoms with van der Waals surface area (Å²) in [6, 6.07) is 0. The zero-order chi connectivity index (χ0) is 36.7. The number of aliphatic carboxylic acids is 1. The first-order valence-electron chi connectivity index (χ1n) is 20.3. The van der Waals surface area contributed by atoms with E-state index in [1.165, 1.54) is 43.9 Å². The Morgan fingerprint density at radius 3 is 2.37 bits per heavy atom. The maximum Gasteiger partial charge on any atom is 0.323 e. The van der Waals surface area contributed by atoms with E-state index in [2.05, 4.69) is 34.6 Å². The number of hydrogen-bond donors (Lipinski definition) is 2. The Morgan fingerprint density at radius 1 is 1.00 bits per heavy atom. The number of nitrogens with zero attached hydrogens (tertiary/aromatic N) is 2. The van der Waals surface area contributed by atoms with Crippen LogP contribution >= 0.6 is 0 Å². The van der Waals surface area contributed by atoms with Crippen LogP contribution < -0.4 is 0 Å². The minimum absolute atomic E-state index is 0.00701. The number of rotatable bonds is 12. The first-order chi connectivity index (χ1) is 24.0. The summed E-state index contributed by atoms with van der Waals surface area (Å²) in [5.41, 5.74) is 0.364. The molecule has 6 aliphatic carbocycles. The highest BCUT2D eigenvalue weighted by atomic mass is 16.7. The van der Waals surface area contributed by atoms with E-state index in [9.17, 15) is 24.6 Å². The SMILES string of the molecule is COC(C[C@@H](C)[C@H]1C[C@H](O)[C@@]2(C)C3CC[C@H]4C(C)(C)C(O[C@H]5CN(C(=O)CC6CC6)CCO5)CCC45CC35CCC12C)CN(CC(=O)O)C(C)=O. The van der Waals surface area contributed by atoms with Crippen molar-refractivity contribution in [2.75, 3.05) is 39.9 Å². The fraction of sp³-hybridized carbons (Fsp3) is 0.927. The molecule has 10 heteroatoms. The maximum atomic E-state index is 12.9. The highest BCUT2D eigenvalue weighted by molar-refractivity contribution is 5.79. The molecule has 0 aromatic carbocycles. The van der Waals surface area contributed by atoms with Crippen LogP contribution in [0.4, 0.5) is 0 Å². The molecule has 1 saturated heterocycles. The number of methoxy groups -OCH3 is 1. The summed E-state index contributed by atoms with van der Waals surface area (Å²) < 4.78 is 18.8. The highest BCUT2D eigenvalue weighted by Gasteiger charge is 2.83. The van der Waals surface area contributed by atoms with Gasteiger partial charge in [-0.3, -0.25) is 14.4 Å². The second-order valence-electron chi connectivity index (χ2n) is 19.4. The minimum Gasteiger partial charge on any atom is -0.480 e. The van der Waals surface area contributed by atoms with E-state index in [4.69, 9.17) is 14.2 Å². The number of carbonyl (C=O) groups is 3. The lowest BCUT2D eigenvalue weighted by Gasteiger charge is -2.64. The number of hydrogen-bond acceptors (Lipinski definition) is 7. The molecule has 6 saturated carbocycles. The van der Waals surface area contributed by atoms with E-state index < -0.39 is 5.97 Å². The van der Waals surface area contributed by atoms with E-state index in [0.717, 1.165) is 38.5 Å². The molecule has 7 fully saturated rings. The number of aliphatic hydroxyl groups excluding tert-OH is 1. The van der Waals surface area contributed by atoms with Crippen LogP contribution in [0.3, 0.4) is 0 Å². The van der Waals surface area contributed by atoms with Gasteiger partial charge in [0.05, 0.1) is 31.5 Å². The van der Waals surface area contributed by atoms with Crippen LogP contribution in [0.5, 0.6) is 0 Å². The lowest BCUT2D eigenvalue weighted by molar-refractivity contribution is -0.248. The van der Waals surface area contributed by atoms with Crippen LogP contribution in [0.2, 0.25) is 0 Å². The van der Waals surface area contributed by atoms with E-state index in [1.54, 1.807) is 7.11 Å². The van der Waals surface area contributed by atoms with Gasteiger partial charge in [-0.05, 0) is 122 Å². The van der Waals surface area contributed by atoms with Gasteiger partial charge >= 0.3 is 5.97 Å². The van der Waals surface area contributed by atoms with Crippen LogP contribution in [0.15, 0.2) is 0 Å². The van der Waals surface area contributed by atoms with Gasteiger partial charge in [-0.1, -0.05) is 34.6 Å². The fourth-order valence-corrected chi connectivity index (χ4v) is 13.9. The van der Waals surface area contributed by atoms with Gasteiger partial charge in [-0.15, -0.1) is 0 Å². The van der Waals surface area contributed by atoms with Crippen molar-refractivity contribution >= 4 is 17.8 Å². The molecular weight excluding hydrogens is 648 g/mol. The standard InChI is InChI=1S/C41H66N2O8/c1-25(18-28(49-7)21-43(26(2)44)22-35(47)48)29-20-32(45)39(6)31-11-10-30-37(3,4)33(12-13-40(30)24-41(31,40)15-14-38(29,39)5)51-36-23-42(16-17-50-36)34(46)19-27-8-9-27/h25,27-33,36,45H,8-24H2,1-7H3,(H,47,48)/t25-,28?,29-,30+,31?,32+,33?,36+,38?,39-,40?,41?/m1/s1. The van der Waals surface area contributed by atoms with E-state index in [-0.39, 0.29) is 77.1 Å². The summed E-state index contributed by atoms with van der Waals surface area (Å²) in [5, 5.41) is 21.5. The lowest BCUT2D eigenvalue weighted by atomic mass is 9.41. The molecule has 0 aromatic rings. The van der Waals surface area contributed by atoms with Gasteiger partial charge in [0.2, 0.25) is 11.8 Å². The third-order valence-corrected chi connectivity index (χ3v) is 16.9. The monoisotopic (exact) mass is 714 g/mol. The van der Waals surface area contributed by atoms with Crippen molar-refractivity contribution in [2.45, 2.75) is 143 Å². The molecule has 7 rings (SSSR count). The Bertz CT molecular complexity index is 1370. The molecular formula is C41H66N2O8. The van der Waals surface area contributed by atoms with Gasteiger partial charge in [-0.25, -0.2) is 0 Å². The third kappa shape index (κ3) is 5.99. The number of fused-ring (bicyclic) bond motifs is 2. The average Bonchev–Trinajstić information content (AvgIpc) is 3.99. The third-order valence-electron chi connectivity index (χ3n) is 16.9. The van der Waals surface area contributed by atoms with E-state index in [1.807, 2.05) is 4.90 Å². The van der Waals surface area contributed by atoms with Crippen LogP contribution in [0, 0.1) is 56.7 Å². The molecule has 51 heavy (non-hydrogen) atoms. The topological polar surface area (TPSA) is 126 Å². The number of morpholine rings is 1. The molecule has 0 aromatic heterocycles. The van der Waals surface area contributed by atoms with Gasteiger partial charge in [0.25, 0.3) is 0 Å². The summed E-state index contributed by atoms with van der Waals surface area (Å²) in [6.45, 7) is 15.1. The molecule has 2 N–H and O–H groups in total. The van der Waals surface area contributed by atoms with Gasteiger partial charge < -0.3 is 34.2 Å². The van der Waals surface area contributed by atoms with Crippen molar-refractivity contribution in [3.05, 3.63) is 0 Å². The molecule has 2 spiro atoms. The smallest absolute Gasteiger partial charge is 0.323 e. The Balaban J connectivity index is 1.03. The highest BCUT2D eigenvalue weighted by Crippen LogP contribution is 2.89. The Labute approximate surface area is 305 Å². The molecule has 0 bridgehead atoms. The zero-order valence-corrected chi connectivity index (χ0v) is 32.5. The molecule has 288 valence electrons. The molecule has 2 amide bonds. The Hall–Kier alpha value is -1.75. The molecule has 7 aliphatic rings. The van der Waals surface area contributed by atoms with Crippen molar-refractivity contribution in [3.8, 4) is 0 Å². The summed E-state index contributed by atoms with van der Waals surface area (Å²) in [4.78, 5) is 39.9. The fourth-order valence-electron chi connectivity index (χ4n) is 13.9. The van der Waals surface area contributed by atoms with Crippen LogP contribution in [-0.2, 0) is 28.6 Å². The number of carbonyl (C=O) groups excluding carboxylic acids is 2. The minimum atomic E-state index is -1.02. The molecule has 1 aliphatic heterocycles. The van der Waals surface area contributed by atoms with Crippen molar-refractivity contribution < 1.29 is 38.8 Å². The molecule has 6 unspecified atom stereocenters. The normalized spacial score (nSPS) is 43.6. The van der Waals surface area contributed by atoms with Crippen LogP contribution in [0.25, 0.3) is 0 Å². The second kappa shape index (κ2) is 13.2. The number of carboxylic acid groups (broad SMARTS) is 1. The van der Waals surface area contributed by atoms with Crippen LogP contribution in [-0.4, -0.2) is 102 Å². The Morgan fingerprint density at radius 2 is 1.71 bits per heavy atom. The first kappa shape index (κ1) is 37.6. The number of ether oxygens (including phenoxy) is 3. The molecule has 1 heterocycles. The number of aliphatic hydroxyl groups is 1. The number of amides is 2. The van der Waals surface area contributed by atoms with Crippen molar-refractivity contribution in [1.29, 1.82) is 0 Å². The molecule has 0 radical (unpaired) electrons. The summed E-state index contributed by atoms with van der Waals surface area (Å²) in [6.07, 6.45) is 11.7. The second-order valence-corrected chi connectivity index (χ2v) is 19.4. The predicted octanol–water partition coefficient (Wildman–Crippen LogP) is 5.74. The quantitative estimate of drug-likeness (QED) is 0.262. The summed E-state index contributed by atoms with van der Waals surface area (Å²) in [7, 11) is 1.65. The van der Waals surface area contributed by atoms with Gasteiger partial charge in [-0.2, -0.15) is 0 Å². The molecule has 10 nitrogen and oxygen atoms in total. The van der Waals surface area contributed by atoms with E-state index >= 15 is 0 Å². The zero-order valence-electron chi connectivity index (χ0n) is 32.5. The van der Waals surface area contributed by atoms with E-state index in [0.29, 0.717) is 55.2 Å². The van der Waals surface area contributed by atoms with Crippen molar-refractivity contribution in [1.82, 2.24) is 9.80 Å². The Kier molecular flexibility index (Phi) is 9.74. The largest absolute Gasteiger partial charge is 0.480 e. The van der Waals surface area contributed by atoms with Gasteiger partial charge in [0, 0.05) is 39.0 Å². The summed E-state index contributed by atoms with van der Waals surface area (Å²) in [5.74, 6) is 1.17. The maximum absolute atomic E-state index is 12.9. The van der Waals surface area contributed by atoms with Crippen LogP contribution in [0.1, 0.15) is 119 Å².